The van der Waals surface area contributed by atoms with E-state index in [4.69, 9.17) is 18.9 Å². The third kappa shape index (κ3) is 11.7. The predicted molar refractivity (Wildman–Crippen MR) is 119 cm³/mol. The Bertz CT molecular complexity index is 804. The summed E-state index contributed by atoms with van der Waals surface area (Å²) >= 11 is 0. The zero-order valence-corrected chi connectivity index (χ0v) is 19.4. The van der Waals surface area contributed by atoms with E-state index in [2.05, 4.69) is 17.2 Å². The monoisotopic (exact) mass is 464 g/mol. The molecule has 1 aromatic carbocycles. The molecule has 0 spiro atoms. The van der Waals surface area contributed by atoms with E-state index in [9.17, 15) is 19.2 Å². The maximum absolute atomic E-state index is 12.6. The highest BCUT2D eigenvalue weighted by atomic mass is 16.6. The fourth-order valence-electron chi connectivity index (χ4n) is 2.48. The Kier molecular flexibility index (Phi) is 11.6. The number of hydrogen-bond acceptors (Lipinski definition) is 9. The number of ether oxygens (including phenoxy) is 4. The molecule has 1 aromatic rings. The van der Waals surface area contributed by atoms with Crippen LogP contribution in [0.15, 0.2) is 43.0 Å². The van der Waals surface area contributed by atoms with Crippen molar-refractivity contribution in [2.24, 2.45) is 0 Å². The Morgan fingerprint density at radius 1 is 1.03 bits per heavy atom. The Balaban J connectivity index is 2.80. The van der Waals surface area contributed by atoms with Crippen LogP contribution in [0.1, 0.15) is 32.8 Å². The van der Waals surface area contributed by atoms with E-state index in [-0.39, 0.29) is 13.2 Å². The summed E-state index contributed by atoms with van der Waals surface area (Å²) in [7, 11) is 1.21. The summed E-state index contributed by atoms with van der Waals surface area (Å²) in [5, 5.41) is 5.26. The second-order valence-corrected chi connectivity index (χ2v) is 7.95. The van der Waals surface area contributed by atoms with Crippen LogP contribution in [-0.2, 0) is 39.9 Å². The zero-order valence-electron chi connectivity index (χ0n) is 19.4. The fourth-order valence-corrected chi connectivity index (χ4v) is 2.48. The van der Waals surface area contributed by atoms with Crippen molar-refractivity contribution in [2.45, 2.75) is 51.4 Å². The molecular weight excluding hydrogens is 432 g/mol. The van der Waals surface area contributed by atoms with Crippen LogP contribution in [0.5, 0.6) is 0 Å². The van der Waals surface area contributed by atoms with Crippen LogP contribution >= 0.6 is 0 Å². The minimum absolute atomic E-state index is 0.0547. The van der Waals surface area contributed by atoms with Gasteiger partial charge in [0.2, 0.25) is 0 Å². The molecule has 0 unspecified atom stereocenters. The first kappa shape index (κ1) is 27.6. The van der Waals surface area contributed by atoms with Crippen molar-refractivity contribution < 1.29 is 38.1 Å². The largest absolute Gasteiger partial charge is 0.468 e. The van der Waals surface area contributed by atoms with Crippen LogP contribution in [0.3, 0.4) is 0 Å². The predicted octanol–water partition coefficient (Wildman–Crippen LogP) is 1.87. The number of methoxy groups -OCH3 is 1. The molecule has 0 radical (unpaired) electrons. The van der Waals surface area contributed by atoms with Gasteiger partial charge in [0.25, 0.3) is 0 Å². The molecule has 0 aliphatic rings. The first-order valence-electron chi connectivity index (χ1n) is 10.3. The number of carbonyl (C=O) groups is 4. The zero-order chi connectivity index (χ0) is 24.9. The summed E-state index contributed by atoms with van der Waals surface area (Å²) in [6.07, 6.45) is -0.0364. The summed E-state index contributed by atoms with van der Waals surface area (Å²) in [5.74, 6) is -2.33. The van der Waals surface area contributed by atoms with Crippen molar-refractivity contribution in [1.82, 2.24) is 10.6 Å². The van der Waals surface area contributed by atoms with Gasteiger partial charge in [-0.2, -0.15) is 0 Å². The summed E-state index contributed by atoms with van der Waals surface area (Å²) in [4.78, 5) is 48.8. The first-order chi connectivity index (χ1) is 15.6. The van der Waals surface area contributed by atoms with Gasteiger partial charge in [-0.25, -0.2) is 9.59 Å². The fraction of sp³-hybridized carbons (Fsp3) is 0.478. The molecule has 0 aliphatic carbocycles. The van der Waals surface area contributed by atoms with E-state index in [1.54, 1.807) is 20.8 Å². The SMILES string of the molecule is C=CCOC(=O)C[C@H](NC(=O)OC(C)(C)C)C(=O)OC[C@H](NCc1ccccc1)C(=O)OC. The second kappa shape index (κ2) is 13.9. The summed E-state index contributed by atoms with van der Waals surface area (Å²) in [5.41, 5.74) is 0.0892. The standard InChI is InChI=1S/C23H32N2O8/c1-6-12-31-19(26)13-17(25-22(29)33-23(2,3)4)21(28)32-15-18(20(27)30-5)24-14-16-10-8-7-9-11-16/h6-11,17-18,24H,1,12-15H2,2-5H3,(H,25,29)/t17-,18-/m0/s1. The van der Waals surface area contributed by atoms with Crippen LogP contribution in [0.2, 0.25) is 0 Å². The van der Waals surface area contributed by atoms with Crippen LogP contribution in [0.25, 0.3) is 0 Å². The third-order valence-corrected chi connectivity index (χ3v) is 3.98. The Labute approximate surface area is 193 Å². The average Bonchev–Trinajstić information content (AvgIpc) is 2.76. The van der Waals surface area contributed by atoms with Gasteiger partial charge >= 0.3 is 24.0 Å². The molecular formula is C23H32N2O8. The van der Waals surface area contributed by atoms with Crippen LogP contribution < -0.4 is 10.6 Å². The number of alkyl carbamates (subject to hydrolysis) is 1. The van der Waals surface area contributed by atoms with Crippen molar-refractivity contribution in [3.8, 4) is 0 Å². The van der Waals surface area contributed by atoms with Crippen molar-refractivity contribution >= 4 is 24.0 Å². The topological polar surface area (TPSA) is 129 Å². The number of benzene rings is 1. The molecule has 0 fully saturated rings. The van der Waals surface area contributed by atoms with E-state index in [1.165, 1.54) is 13.2 Å². The number of esters is 3. The highest BCUT2D eigenvalue weighted by Gasteiger charge is 2.30. The van der Waals surface area contributed by atoms with Crippen molar-refractivity contribution in [3.63, 3.8) is 0 Å². The highest BCUT2D eigenvalue weighted by Crippen LogP contribution is 2.08. The lowest BCUT2D eigenvalue weighted by atomic mass is 10.2. The molecule has 1 amide bonds. The number of rotatable bonds is 12. The quantitative estimate of drug-likeness (QED) is 0.270. The lowest BCUT2D eigenvalue weighted by molar-refractivity contribution is -0.155. The Morgan fingerprint density at radius 2 is 1.70 bits per heavy atom. The smallest absolute Gasteiger partial charge is 0.408 e. The molecule has 0 bridgehead atoms. The van der Waals surface area contributed by atoms with Crippen LogP contribution in [0, 0.1) is 0 Å². The molecule has 0 aromatic heterocycles. The van der Waals surface area contributed by atoms with Gasteiger partial charge in [0, 0.05) is 6.54 Å². The lowest BCUT2D eigenvalue weighted by Crippen LogP contribution is -2.47. The van der Waals surface area contributed by atoms with Crippen molar-refractivity contribution in [2.75, 3.05) is 20.3 Å². The normalized spacial score (nSPS) is 12.6. The number of carbonyl (C=O) groups excluding carboxylic acids is 4. The highest BCUT2D eigenvalue weighted by molar-refractivity contribution is 5.86. The molecule has 33 heavy (non-hydrogen) atoms. The van der Waals surface area contributed by atoms with Crippen molar-refractivity contribution in [1.29, 1.82) is 0 Å². The first-order valence-corrected chi connectivity index (χ1v) is 10.3. The van der Waals surface area contributed by atoms with E-state index in [1.807, 2.05) is 30.3 Å². The molecule has 0 saturated carbocycles. The van der Waals surface area contributed by atoms with E-state index >= 15 is 0 Å². The van der Waals surface area contributed by atoms with Crippen LogP contribution in [-0.4, -0.2) is 62.0 Å². The molecule has 0 heterocycles. The van der Waals surface area contributed by atoms with Gasteiger partial charge < -0.3 is 24.3 Å². The van der Waals surface area contributed by atoms with Gasteiger partial charge in [0.1, 0.15) is 30.9 Å². The molecule has 10 nitrogen and oxygen atoms in total. The Morgan fingerprint density at radius 3 is 2.27 bits per heavy atom. The van der Waals surface area contributed by atoms with Gasteiger partial charge in [-0.3, -0.25) is 14.9 Å². The molecule has 0 aliphatic heterocycles. The number of nitrogens with one attached hydrogen (secondary N) is 2. The molecule has 10 heteroatoms. The molecule has 182 valence electrons. The summed E-state index contributed by atoms with van der Waals surface area (Å²) in [6.45, 7) is 8.28. The molecule has 2 N–H and O–H groups in total. The minimum Gasteiger partial charge on any atom is -0.468 e. The van der Waals surface area contributed by atoms with Crippen molar-refractivity contribution in [3.05, 3.63) is 48.6 Å². The van der Waals surface area contributed by atoms with Gasteiger partial charge in [-0.15, -0.1) is 0 Å². The van der Waals surface area contributed by atoms with E-state index < -0.39 is 48.1 Å². The lowest BCUT2D eigenvalue weighted by Gasteiger charge is -2.23. The molecule has 1 rings (SSSR count). The maximum atomic E-state index is 12.6. The number of amides is 1. The average molecular weight is 465 g/mol. The van der Waals surface area contributed by atoms with Gasteiger partial charge in [0.05, 0.1) is 13.5 Å². The van der Waals surface area contributed by atoms with Gasteiger partial charge in [-0.1, -0.05) is 43.0 Å². The van der Waals surface area contributed by atoms with E-state index in [0.717, 1.165) is 5.56 Å². The summed E-state index contributed by atoms with van der Waals surface area (Å²) < 4.78 is 20.0. The molecule has 0 saturated heterocycles. The Hall–Kier alpha value is -3.40. The second-order valence-electron chi connectivity index (χ2n) is 7.95. The number of hydrogen-bond donors (Lipinski definition) is 2. The maximum Gasteiger partial charge on any atom is 0.408 e. The summed E-state index contributed by atoms with van der Waals surface area (Å²) in [6, 6.07) is 6.94. The van der Waals surface area contributed by atoms with Crippen LogP contribution in [0.4, 0.5) is 4.79 Å². The third-order valence-electron chi connectivity index (χ3n) is 3.98. The minimum atomic E-state index is -1.38. The van der Waals surface area contributed by atoms with Gasteiger partial charge in [0.15, 0.2) is 0 Å². The van der Waals surface area contributed by atoms with Gasteiger partial charge in [-0.05, 0) is 26.3 Å². The molecule has 2 atom stereocenters. The van der Waals surface area contributed by atoms with E-state index in [0.29, 0.717) is 6.54 Å².